The van der Waals surface area contributed by atoms with Crippen LogP contribution in [0.25, 0.3) is 0 Å². The number of nitrogens with one attached hydrogen (secondary N) is 1. The maximum absolute atomic E-state index is 13.5. The van der Waals surface area contributed by atoms with Gasteiger partial charge in [-0.3, -0.25) is 9.59 Å². The molecule has 0 radical (unpaired) electrons. The van der Waals surface area contributed by atoms with Gasteiger partial charge in [-0.1, -0.05) is 54.6 Å². The Bertz CT molecular complexity index is 1500. The molecule has 222 valence electrons. The standard InChI is InChI=1S/C33H39N3O5S/c1-41-30-11-7-6-10-28(30)31(37)34-29(26-8-4-3-5-9-26)16-20-35-21-17-33(18-22-35)19-23-36(32(33)38)24-25-12-14-27(15-13-25)42(2,39)40/h3-15,29H,16-24H2,1-2H3,(H,34,37). The number of ether oxygens (including phenoxy) is 1. The normalized spacial score (nSPS) is 17.8. The van der Waals surface area contributed by atoms with Crippen LogP contribution in [0.5, 0.6) is 5.75 Å². The molecule has 2 heterocycles. The van der Waals surface area contributed by atoms with Crippen LogP contribution in [-0.2, 0) is 21.2 Å². The first-order valence-electron chi connectivity index (χ1n) is 14.5. The number of amides is 2. The topological polar surface area (TPSA) is 96.0 Å². The molecule has 1 unspecified atom stereocenters. The minimum Gasteiger partial charge on any atom is -0.496 e. The van der Waals surface area contributed by atoms with E-state index in [9.17, 15) is 18.0 Å². The van der Waals surface area contributed by atoms with Crippen molar-refractivity contribution in [1.82, 2.24) is 15.1 Å². The summed E-state index contributed by atoms with van der Waals surface area (Å²) in [6, 6.07) is 23.9. The number of methoxy groups -OCH3 is 1. The van der Waals surface area contributed by atoms with Gasteiger partial charge in [-0.2, -0.15) is 0 Å². The molecule has 1 atom stereocenters. The smallest absolute Gasteiger partial charge is 0.255 e. The molecule has 1 N–H and O–H groups in total. The Labute approximate surface area is 248 Å². The van der Waals surface area contributed by atoms with Crippen LogP contribution in [0.3, 0.4) is 0 Å². The molecule has 5 rings (SSSR count). The average Bonchev–Trinajstić information content (AvgIpc) is 3.30. The molecule has 42 heavy (non-hydrogen) atoms. The number of benzene rings is 3. The van der Waals surface area contributed by atoms with Gasteiger partial charge >= 0.3 is 0 Å². The fourth-order valence-corrected chi connectivity index (χ4v) is 6.79. The van der Waals surface area contributed by atoms with Gasteiger partial charge in [0.15, 0.2) is 9.84 Å². The molecule has 3 aromatic rings. The van der Waals surface area contributed by atoms with E-state index >= 15 is 0 Å². The van der Waals surface area contributed by atoms with Crippen molar-refractivity contribution in [1.29, 1.82) is 0 Å². The summed E-state index contributed by atoms with van der Waals surface area (Å²) in [5, 5.41) is 3.22. The van der Waals surface area contributed by atoms with Gasteiger partial charge in [0.25, 0.3) is 5.91 Å². The lowest BCUT2D eigenvalue weighted by molar-refractivity contribution is -0.138. The van der Waals surface area contributed by atoms with Gasteiger partial charge in [0, 0.05) is 25.9 Å². The summed E-state index contributed by atoms with van der Waals surface area (Å²) in [4.78, 5) is 31.4. The van der Waals surface area contributed by atoms with Gasteiger partial charge in [0.1, 0.15) is 5.75 Å². The molecule has 9 heteroatoms. The van der Waals surface area contributed by atoms with Crippen molar-refractivity contribution in [3.63, 3.8) is 0 Å². The molecule has 8 nitrogen and oxygen atoms in total. The predicted molar refractivity (Wildman–Crippen MR) is 162 cm³/mol. The predicted octanol–water partition coefficient (Wildman–Crippen LogP) is 4.47. The maximum atomic E-state index is 13.5. The number of para-hydroxylation sites is 1. The van der Waals surface area contributed by atoms with Crippen LogP contribution in [0.15, 0.2) is 83.8 Å². The van der Waals surface area contributed by atoms with E-state index in [1.54, 1.807) is 43.5 Å². The molecule has 2 aliphatic heterocycles. The highest BCUT2D eigenvalue weighted by molar-refractivity contribution is 7.90. The van der Waals surface area contributed by atoms with Crippen molar-refractivity contribution in [3.05, 3.63) is 95.6 Å². The third kappa shape index (κ3) is 6.68. The van der Waals surface area contributed by atoms with E-state index in [0.717, 1.165) is 63.0 Å². The second-order valence-electron chi connectivity index (χ2n) is 11.4. The number of hydrogen-bond acceptors (Lipinski definition) is 6. The summed E-state index contributed by atoms with van der Waals surface area (Å²) in [5.41, 5.74) is 2.18. The zero-order chi connectivity index (χ0) is 29.7. The fraction of sp³-hybridized carbons (Fsp3) is 0.394. The van der Waals surface area contributed by atoms with Gasteiger partial charge in [0.2, 0.25) is 5.91 Å². The molecule has 0 bridgehead atoms. The van der Waals surface area contributed by atoms with Crippen molar-refractivity contribution in [3.8, 4) is 5.75 Å². The maximum Gasteiger partial charge on any atom is 0.255 e. The summed E-state index contributed by atoms with van der Waals surface area (Å²) in [6.45, 7) is 3.71. The molecule has 0 aliphatic carbocycles. The number of rotatable bonds is 10. The fourth-order valence-electron chi connectivity index (χ4n) is 6.16. The number of likely N-dealkylation sites (tertiary alicyclic amines) is 2. The Balaban J connectivity index is 1.17. The number of hydrogen-bond donors (Lipinski definition) is 1. The molecule has 2 aliphatic rings. The van der Waals surface area contributed by atoms with Crippen molar-refractivity contribution in [2.75, 3.05) is 39.5 Å². The number of carbonyl (C=O) groups is 2. The second-order valence-corrected chi connectivity index (χ2v) is 13.5. The number of nitrogens with zero attached hydrogens (tertiary/aromatic N) is 2. The number of sulfone groups is 1. The van der Waals surface area contributed by atoms with Crippen molar-refractivity contribution in [2.24, 2.45) is 5.41 Å². The van der Waals surface area contributed by atoms with Gasteiger partial charge in [-0.05, 0) is 74.2 Å². The van der Waals surface area contributed by atoms with Gasteiger partial charge in [-0.25, -0.2) is 8.42 Å². The van der Waals surface area contributed by atoms with Crippen molar-refractivity contribution < 1.29 is 22.7 Å². The lowest BCUT2D eigenvalue weighted by atomic mass is 9.77. The van der Waals surface area contributed by atoms with Crippen LogP contribution in [0, 0.1) is 5.41 Å². The van der Waals surface area contributed by atoms with Gasteiger partial charge in [0.05, 0.1) is 29.0 Å². The molecule has 3 aromatic carbocycles. The van der Waals surface area contributed by atoms with E-state index in [0.29, 0.717) is 17.9 Å². The first-order valence-corrected chi connectivity index (χ1v) is 16.4. The SMILES string of the molecule is COc1ccccc1C(=O)NC(CCN1CCC2(CC1)CCN(Cc1ccc(S(C)(=O)=O)cc1)C2=O)c1ccccc1. The van der Waals surface area contributed by atoms with Crippen LogP contribution in [0.2, 0.25) is 0 Å². The van der Waals surface area contributed by atoms with E-state index in [4.69, 9.17) is 4.74 Å². The highest BCUT2D eigenvalue weighted by Crippen LogP contribution is 2.42. The minimum absolute atomic E-state index is 0.155. The average molecular weight is 590 g/mol. The van der Waals surface area contributed by atoms with Crippen molar-refractivity contribution >= 4 is 21.7 Å². The molecule has 2 amide bonds. The monoisotopic (exact) mass is 589 g/mol. The first kappa shape index (κ1) is 29.8. The Morgan fingerprint density at radius 2 is 1.57 bits per heavy atom. The van der Waals surface area contributed by atoms with Crippen LogP contribution < -0.4 is 10.1 Å². The van der Waals surface area contributed by atoms with E-state index in [1.165, 1.54) is 6.26 Å². The summed E-state index contributed by atoms with van der Waals surface area (Å²) in [5.74, 6) is 0.589. The number of carbonyl (C=O) groups excluding carboxylic acids is 2. The molecular formula is C33H39N3O5S. The van der Waals surface area contributed by atoms with Crippen LogP contribution in [0.4, 0.5) is 0 Å². The van der Waals surface area contributed by atoms with Gasteiger partial charge in [-0.15, -0.1) is 0 Å². The molecule has 2 saturated heterocycles. The summed E-state index contributed by atoms with van der Waals surface area (Å²) in [6.07, 6.45) is 4.43. The summed E-state index contributed by atoms with van der Waals surface area (Å²) < 4.78 is 28.9. The Morgan fingerprint density at radius 3 is 2.24 bits per heavy atom. The molecular weight excluding hydrogens is 550 g/mol. The Morgan fingerprint density at radius 1 is 0.929 bits per heavy atom. The lowest BCUT2D eigenvalue weighted by Crippen LogP contribution is -2.45. The van der Waals surface area contributed by atoms with Crippen molar-refractivity contribution in [2.45, 2.75) is 43.2 Å². The highest BCUT2D eigenvalue weighted by Gasteiger charge is 2.47. The second kappa shape index (κ2) is 12.7. The highest BCUT2D eigenvalue weighted by atomic mass is 32.2. The lowest BCUT2D eigenvalue weighted by Gasteiger charge is -2.38. The quantitative estimate of drug-likeness (QED) is 0.375. The van der Waals surface area contributed by atoms with Crippen LogP contribution >= 0.6 is 0 Å². The molecule has 0 aromatic heterocycles. The van der Waals surface area contributed by atoms with E-state index < -0.39 is 9.84 Å². The van der Waals surface area contributed by atoms with Gasteiger partial charge < -0.3 is 19.9 Å². The van der Waals surface area contributed by atoms with E-state index in [1.807, 2.05) is 47.4 Å². The van der Waals surface area contributed by atoms with E-state index in [2.05, 4.69) is 10.2 Å². The largest absolute Gasteiger partial charge is 0.496 e. The first-order chi connectivity index (χ1) is 20.2. The third-order valence-electron chi connectivity index (χ3n) is 8.73. The van der Waals surface area contributed by atoms with E-state index in [-0.39, 0.29) is 28.2 Å². The molecule has 0 saturated carbocycles. The molecule has 2 fully saturated rings. The zero-order valence-corrected chi connectivity index (χ0v) is 25.1. The zero-order valence-electron chi connectivity index (χ0n) is 24.3. The molecule has 1 spiro atoms. The number of piperidine rings is 1. The minimum atomic E-state index is -3.24. The Hall–Kier alpha value is -3.69. The summed E-state index contributed by atoms with van der Waals surface area (Å²) >= 11 is 0. The van der Waals surface area contributed by atoms with Crippen LogP contribution in [0.1, 0.15) is 53.2 Å². The summed E-state index contributed by atoms with van der Waals surface area (Å²) in [7, 11) is -1.68. The Kier molecular flexibility index (Phi) is 8.99. The van der Waals surface area contributed by atoms with Crippen LogP contribution in [-0.4, -0.2) is 69.6 Å². The third-order valence-corrected chi connectivity index (χ3v) is 9.86.